The van der Waals surface area contributed by atoms with Gasteiger partial charge in [-0.3, -0.25) is 0 Å². The number of rotatable bonds is 8. The van der Waals surface area contributed by atoms with Gasteiger partial charge in [-0.25, -0.2) is 0 Å². The zero-order valence-corrected chi connectivity index (χ0v) is 8.15. The Morgan fingerprint density at radius 1 is 1.15 bits per heavy atom. The number of allylic oxidation sites excluding steroid dienone is 2. The van der Waals surface area contributed by atoms with Gasteiger partial charge < -0.3 is 10.2 Å². The van der Waals surface area contributed by atoms with Crippen LogP contribution in [-0.4, -0.2) is 22.9 Å². The summed E-state index contributed by atoms with van der Waals surface area (Å²) in [5.74, 6) is 0. The van der Waals surface area contributed by atoms with E-state index in [-0.39, 0.29) is 12.7 Å². The minimum absolute atomic E-state index is 0.281. The molecule has 76 valence electrons. The van der Waals surface area contributed by atoms with Crippen molar-refractivity contribution in [2.24, 2.45) is 0 Å². The van der Waals surface area contributed by atoms with Gasteiger partial charge in [0.15, 0.2) is 0 Å². The summed E-state index contributed by atoms with van der Waals surface area (Å²) in [5, 5.41) is 17.6. The molecule has 0 saturated carbocycles. The van der Waals surface area contributed by atoms with Crippen LogP contribution in [0.5, 0.6) is 0 Å². The Morgan fingerprint density at radius 3 is 2.46 bits per heavy atom. The van der Waals surface area contributed by atoms with Crippen LogP contribution in [0.1, 0.15) is 32.1 Å². The van der Waals surface area contributed by atoms with Gasteiger partial charge in [-0.15, -0.1) is 6.58 Å². The molecule has 0 fully saturated rings. The molecule has 1 atom stereocenters. The molecule has 0 aromatic heterocycles. The van der Waals surface area contributed by atoms with Gasteiger partial charge in [0.05, 0.1) is 6.10 Å². The maximum atomic E-state index is 9.11. The molecule has 0 rings (SSSR count). The Labute approximate surface area is 80.6 Å². The summed E-state index contributed by atoms with van der Waals surface area (Å²) >= 11 is 0. The van der Waals surface area contributed by atoms with Gasteiger partial charge in [0.2, 0.25) is 0 Å². The van der Waals surface area contributed by atoms with Crippen LogP contribution < -0.4 is 0 Å². The predicted octanol–water partition coefficient (Wildman–Crippen LogP) is 2.03. The van der Waals surface area contributed by atoms with Gasteiger partial charge >= 0.3 is 0 Å². The standard InChI is InChI=1S/C11H20O2/c1-2-11(13)9-7-5-3-4-6-8-10-12/h2-3,5,11-13H,1,4,6-10H2/b5-3+. The van der Waals surface area contributed by atoms with Gasteiger partial charge in [-0.2, -0.15) is 0 Å². The van der Waals surface area contributed by atoms with Crippen LogP contribution in [0.15, 0.2) is 24.8 Å². The van der Waals surface area contributed by atoms with Crippen molar-refractivity contribution in [2.45, 2.75) is 38.2 Å². The molecule has 0 aromatic rings. The molecule has 0 aromatic carbocycles. The lowest BCUT2D eigenvalue weighted by molar-refractivity contribution is 0.214. The fourth-order valence-electron chi connectivity index (χ4n) is 0.995. The van der Waals surface area contributed by atoms with E-state index >= 15 is 0 Å². The summed E-state index contributed by atoms with van der Waals surface area (Å²) in [5.41, 5.74) is 0. The third kappa shape index (κ3) is 9.31. The van der Waals surface area contributed by atoms with E-state index in [1.54, 1.807) is 6.08 Å². The van der Waals surface area contributed by atoms with Gasteiger partial charge in [0.1, 0.15) is 0 Å². The Bertz CT molecular complexity index is 141. The van der Waals surface area contributed by atoms with Crippen LogP contribution in [0.2, 0.25) is 0 Å². The maximum absolute atomic E-state index is 9.11. The van der Waals surface area contributed by atoms with E-state index in [0.717, 1.165) is 32.1 Å². The van der Waals surface area contributed by atoms with Gasteiger partial charge in [0.25, 0.3) is 0 Å². The maximum Gasteiger partial charge on any atom is 0.0721 e. The molecule has 0 aliphatic carbocycles. The lowest BCUT2D eigenvalue weighted by atomic mass is 10.1. The lowest BCUT2D eigenvalue weighted by Gasteiger charge is -2.00. The number of aliphatic hydroxyl groups excluding tert-OH is 2. The molecule has 0 heterocycles. The first-order valence-electron chi connectivity index (χ1n) is 4.87. The highest BCUT2D eigenvalue weighted by Gasteiger charge is 1.93. The van der Waals surface area contributed by atoms with Crippen LogP contribution >= 0.6 is 0 Å². The molecule has 0 bridgehead atoms. The molecule has 0 aliphatic heterocycles. The largest absolute Gasteiger partial charge is 0.396 e. The number of aliphatic hydroxyl groups is 2. The molecule has 2 N–H and O–H groups in total. The zero-order valence-electron chi connectivity index (χ0n) is 8.15. The number of unbranched alkanes of at least 4 members (excludes halogenated alkanes) is 2. The number of hydrogen-bond donors (Lipinski definition) is 2. The third-order valence-electron chi connectivity index (χ3n) is 1.85. The average molecular weight is 184 g/mol. The van der Waals surface area contributed by atoms with Crippen molar-refractivity contribution in [3.63, 3.8) is 0 Å². The van der Waals surface area contributed by atoms with E-state index in [4.69, 9.17) is 10.2 Å². The highest BCUT2D eigenvalue weighted by molar-refractivity contribution is 4.85. The molecule has 0 aliphatic rings. The SMILES string of the molecule is C=CC(O)CC/C=C/CCCCO. The fraction of sp³-hybridized carbons (Fsp3) is 0.636. The molecular formula is C11H20O2. The Kier molecular flexibility index (Phi) is 9.05. The van der Waals surface area contributed by atoms with E-state index in [0.29, 0.717) is 0 Å². The number of hydrogen-bond acceptors (Lipinski definition) is 2. The Morgan fingerprint density at radius 2 is 1.85 bits per heavy atom. The lowest BCUT2D eigenvalue weighted by Crippen LogP contribution is -1.99. The summed E-state index contributed by atoms with van der Waals surface area (Å²) in [4.78, 5) is 0. The second-order valence-corrected chi connectivity index (χ2v) is 3.07. The van der Waals surface area contributed by atoms with Crippen molar-refractivity contribution >= 4 is 0 Å². The van der Waals surface area contributed by atoms with E-state index in [1.807, 2.05) is 0 Å². The molecular weight excluding hydrogens is 164 g/mol. The van der Waals surface area contributed by atoms with Crippen LogP contribution in [-0.2, 0) is 0 Å². The van der Waals surface area contributed by atoms with Crippen LogP contribution in [0.25, 0.3) is 0 Å². The molecule has 1 unspecified atom stereocenters. The van der Waals surface area contributed by atoms with E-state index < -0.39 is 0 Å². The molecule has 0 saturated heterocycles. The van der Waals surface area contributed by atoms with E-state index in [9.17, 15) is 0 Å². The van der Waals surface area contributed by atoms with Crippen LogP contribution in [0.3, 0.4) is 0 Å². The monoisotopic (exact) mass is 184 g/mol. The molecule has 0 amide bonds. The van der Waals surface area contributed by atoms with E-state index in [2.05, 4.69) is 18.7 Å². The smallest absolute Gasteiger partial charge is 0.0721 e. The summed E-state index contributed by atoms with van der Waals surface area (Å²) in [6.45, 7) is 3.78. The molecule has 2 nitrogen and oxygen atoms in total. The van der Waals surface area contributed by atoms with Crippen molar-refractivity contribution in [1.82, 2.24) is 0 Å². The van der Waals surface area contributed by atoms with Crippen molar-refractivity contribution in [3.8, 4) is 0 Å². The van der Waals surface area contributed by atoms with Crippen molar-refractivity contribution in [2.75, 3.05) is 6.61 Å². The van der Waals surface area contributed by atoms with Crippen LogP contribution in [0, 0.1) is 0 Å². The average Bonchev–Trinajstić information content (AvgIpc) is 2.16. The second kappa shape index (κ2) is 9.49. The predicted molar refractivity (Wildman–Crippen MR) is 55.5 cm³/mol. The topological polar surface area (TPSA) is 40.5 Å². The minimum Gasteiger partial charge on any atom is -0.396 e. The van der Waals surface area contributed by atoms with Crippen molar-refractivity contribution in [1.29, 1.82) is 0 Å². The first-order chi connectivity index (χ1) is 6.31. The normalized spacial score (nSPS) is 13.4. The van der Waals surface area contributed by atoms with Crippen LogP contribution in [0.4, 0.5) is 0 Å². The molecule has 0 spiro atoms. The minimum atomic E-state index is -0.373. The quantitative estimate of drug-likeness (QED) is 0.447. The molecule has 13 heavy (non-hydrogen) atoms. The Hall–Kier alpha value is -0.600. The zero-order chi connectivity index (χ0) is 9.94. The first-order valence-corrected chi connectivity index (χ1v) is 4.87. The first kappa shape index (κ1) is 12.4. The summed E-state index contributed by atoms with van der Waals surface area (Å²) < 4.78 is 0. The summed E-state index contributed by atoms with van der Waals surface area (Å²) in [6, 6.07) is 0. The molecule has 2 heteroatoms. The highest BCUT2D eigenvalue weighted by atomic mass is 16.3. The van der Waals surface area contributed by atoms with Gasteiger partial charge in [-0.1, -0.05) is 18.2 Å². The fourth-order valence-corrected chi connectivity index (χ4v) is 0.995. The third-order valence-corrected chi connectivity index (χ3v) is 1.85. The summed E-state index contributed by atoms with van der Waals surface area (Å²) in [6.07, 6.45) is 9.94. The summed E-state index contributed by atoms with van der Waals surface area (Å²) in [7, 11) is 0. The second-order valence-electron chi connectivity index (χ2n) is 3.07. The van der Waals surface area contributed by atoms with Gasteiger partial charge in [-0.05, 0) is 32.1 Å². The van der Waals surface area contributed by atoms with E-state index in [1.165, 1.54) is 0 Å². The van der Waals surface area contributed by atoms with Crippen molar-refractivity contribution in [3.05, 3.63) is 24.8 Å². The Balaban J connectivity index is 3.16. The highest BCUT2D eigenvalue weighted by Crippen LogP contribution is 2.01. The van der Waals surface area contributed by atoms with Crippen molar-refractivity contribution < 1.29 is 10.2 Å². The van der Waals surface area contributed by atoms with Gasteiger partial charge in [0, 0.05) is 6.61 Å². The molecule has 0 radical (unpaired) electrons.